The van der Waals surface area contributed by atoms with Crippen LogP contribution in [0.15, 0.2) is 219 Å². The molecular formula is C53H39N3. The van der Waals surface area contributed by atoms with Gasteiger partial charge in [-0.25, -0.2) is 0 Å². The second-order valence-corrected chi connectivity index (χ2v) is 14.2. The maximum Gasteiger partial charge on any atom is 0.0619 e. The molecule has 0 bridgehead atoms. The number of hydrogen-bond acceptors (Lipinski definition) is 2. The van der Waals surface area contributed by atoms with E-state index in [4.69, 9.17) is 0 Å². The summed E-state index contributed by atoms with van der Waals surface area (Å²) in [6.07, 6.45) is 6.44. The number of fused-ring (bicyclic) bond motifs is 3. The Bertz CT molecular complexity index is 2850. The Hall–Kier alpha value is -7.36. The van der Waals surface area contributed by atoms with Crippen LogP contribution in [-0.4, -0.2) is 11.1 Å². The number of nitrogens with zero attached hydrogens (tertiary/aromatic N) is 2. The summed E-state index contributed by atoms with van der Waals surface area (Å²) in [5.41, 5.74) is 16.4. The normalized spacial score (nSPS) is 12.4. The molecule has 10 rings (SSSR count). The van der Waals surface area contributed by atoms with Crippen LogP contribution in [0.1, 0.15) is 5.56 Å². The van der Waals surface area contributed by atoms with E-state index in [2.05, 4.69) is 233 Å². The van der Waals surface area contributed by atoms with Crippen molar-refractivity contribution in [2.45, 2.75) is 0 Å². The molecule has 9 aromatic rings. The molecule has 8 aromatic carbocycles. The molecule has 0 fully saturated rings. The minimum absolute atomic E-state index is 0.864. The van der Waals surface area contributed by atoms with Crippen LogP contribution >= 0.6 is 0 Å². The molecule has 0 amide bonds. The first-order valence-electron chi connectivity index (χ1n) is 19.2. The van der Waals surface area contributed by atoms with E-state index in [1.807, 2.05) is 0 Å². The van der Waals surface area contributed by atoms with Gasteiger partial charge < -0.3 is 14.8 Å². The topological polar surface area (TPSA) is 20.2 Å². The maximum atomic E-state index is 3.34. The molecule has 1 aliphatic rings. The van der Waals surface area contributed by atoms with Crippen molar-refractivity contribution in [3.8, 4) is 39.1 Å². The summed E-state index contributed by atoms with van der Waals surface area (Å²) in [6.45, 7) is 0.864. The number of dihydropyridines is 1. The highest BCUT2D eigenvalue weighted by molar-refractivity contribution is 6.15. The molecular weight excluding hydrogens is 679 g/mol. The molecule has 0 spiro atoms. The van der Waals surface area contributed by atoms with Crippen molar-refractivity contribution in [2.75, 3.05) is 11.4 Å². The predicted molar refractivity (Wildman–Crippen MR) is 237 cm³/mol. The van der Waals surface area contributed by atoms with E-state index < -0.39 is 0 Å². The van der Waals surface area contributed by atoms with E-state index in [-0.39, 0.29) is 0 Å². The van der Waals surface area contributed by atoms with Gasteiger partial charge in [-0.2, -0.15) is 0 Å². The number of para-hydroxylation sites is 2. The Balaban J connectivity index is 1.09. The lowest BCUT2D eigenvalue weighted by Gasteiger charge is -2.26. The van der Waals surface area contributed by atoms with Crippen LogP contribution in [0.5, 0.6) is 0 Å². The zero-order valence-corrected chi connectivity index (χ0v) is 30.9. The fourth-order valence-corrected chi connectivity index (χ4v) is 8.08. The van der Waals surface area contributed by atoms with E-state index in [0.717, 1.165) is 29.3 Å². The Morgan fingerprint density at radius 3 is 1.55 bits per heavy atom. The van der Waals surface area contributed by atoms with Gasteiger partial charge in [0.05, 0.1) is 11.0 Å². The lowest BCUT2D eigenvalue weighted by molar-refractivity contribution is 0.976. The number of benzene rings is 8. The van der Waals surface area contributed by atoms with Crippen LogP contribution in [0.3, 0.4) is 0 Å². The van der Waals surface area contributed by atoms with Gasteiger partial charge in [-0.1, -0.05) is 146 Å². The van der Waals surface area contributed by atoms with Crippen LogP contribution in [0.2, 0.25) is 0 Å². The monoisotopic (exact) mass is 717 g/mol. The molecule has 3 nitrogen and oxygen atoms in total. The first kappa shape index (κ1) is 33.2. The molecule has 2 heterocycles. The van der Waals surface area contributed by atoms with Crippen LogP contribution in [0.25, 0.3) is 66.4 Å². The molecule has 3 heteroatoms. The molecule has 0 saturated heterocycles. The van der Waals surface area contributed by atoms with E-state index in [9.17, 15) is 0 Å². The first-order valence-corrected chi connectivity index (χ1v) is 19.2. The molecule has 1 aliphatic heterocycles. The van der Waals surface area contributed by atoms with Gasteiger partial charge in [0.2, 0.25) is 0 Å². The lowest BCUT2D eigenvalue weighted by atomic mass is 9.95. The number of aromatic nitrogens is 1. The molecule has 0 radical (unpaired) electrons. The summed E-state index contributed by atoms with van der Waals surface area (Å²) in [4.78, 5) is 2.34. The third-order valence-corrected chi connectivity index (χ3v) is 10.8. The van der Waals surface area contributed by atoms with Crippen molar-refractivity contribution in [1.82, 2.24) is 9.88 Å². The van der Waals surface area contributed by atoms with E-state index in [1.165, 1.54) is 66.3 Å². The van der Waals surface area contributed by atoms with E-state index >= 15 is 0 Å². The molecule has 0 saturated carbocycles. The quantitative estimate of drug-likeness (QED) is 0.169. The predicted octanol–water partition coefficient (Wildman–Crippen LogP) is 13.8. The highest BCUT2D eigenvalue weighted by Gasteiger charge is 2.19. The molecule has 0 atom stereocenters. The van der Waals surface area contributed by atoms with Gasteiger partial charge >= 0.3 is 0 Å². The number of rotatable bonds is 8. The zero-order valence-electron chi connectivity index (χ0n) is 30.9. The standard InChI is InChI=1S/C53H39N3/c1-4-13-38(14-5-1)39-22-28-46(29-23-39)55(47-30-24-40(25-31-47)43-17-12-34-54-37-43)48-32-26-41(27-33-48)44-35-50(42-15-6-2-7-16-42)53-51(36-44)49-20-10-11-21-52(49)56(53)45-18-8-3-9-19-45/h1-33,35-37,54H,34H2. The van der Waals surface area contributed by atoms with Crippen LogP contribution in [0.4, 0.5) is 17.1 Å². The van der Waals surface area contributed by atoms with Gasteiger partial charge in [0.15, 0.2) is 0 Å². The average molecular weight is 718 g/mol. The Kier molecular flexibility index (Phi) is 8.58. The van der Waals surface area contributed by atoms with Crippen LogP contribution < -0.4 is 10.2 Å². The minimum atomic E-state index is 0.864. The molecule has 0 aliphatic carbocycles. The van der Waals surface area contributed by atoms with E-state index in [0.29, 0.717) is 0 Å². The summed E-state index contributed by atoms with van der Waals surface area (Å²) in [7, 11) is 0. The summed E-state index contributed by atoms with van der Waals surface area (Å²) in [6, 6.07) is 72.4. The number of nitrogens with one attached hydrogen (secondary N) is 1. The summed E-state index contributed by atoms with van der Waals surface area (Å²) < 4.78 is 2.42. The van der Waals surface area contributed by atoms with E-state index in [1.54, 1.807) is 0 Å². The number of hydrogen-bond donors (Lipinski definition) is 1. The minimum Gasteiger partial charge on any atom is -0.387 e. The SMILES string of the molecule is C1=CC(c2ccc(N(c3ccc(-c4ccccc4)cc3)c3ccc(-c4cc(-c5ccccc5)c5c(c4)c4ccccc4n5-c4ccccc4)cc3)cc2)=CNC1. The van der Waals surface area contributed by atoms with Crippen molar-refractivity contribution >= 4 is 44.4 Å². The fraction of sp³-hybridized carbons (Fsp3) is 0.0189. The van der Waals surface area contributed by atoms with Crippen molar-refractivity contribution in [3.05, 3.63) is 224 Å². The second kappa shape index (κ2) is 14.5. The van der Waals surface area contributed by atoms with Crippen molar-refractivity contribution in [2.24, 2.45) is 0 Å². The first-order chi connectivity index (χ1) is 27.8. The summed E-state index contributed by atoms with van der Waals surface area (Å²) in [5, 5.41) is 5.82. The summed E-state index contributed by atoms with van der Waals surface area (Å²) in [5.74, 6) is 0. The molecule has 1 N–H and O–H groups in total. The number of allylic oxidation sites excluding steroid dienone is 2. The van der Waals surface area contributed by atoms with Gasteiger partial charge in [-0.05, 0) is 106 Å². The Morgan fingerprint density at radius 1 is 0.429 bits per heavy atom. The molecule has 0 unspecified atom stereocenters. The average Bonchev–Trinajstić information content (AvgIpc) is 3.62. The fourth-order valence-electron chi connectivity index (χ4n) is 8.08. The van der Waals surface area contributed by atoms with Gasteiger partial charge in [-0.15, -0.1) is 0 Å². The van der Waals surface area contributed by atoms with Crippen molar-refractivity contribution < 1.29 is 0 Å². The van der Waals surface area contributed by atoms with Gasteiger partial charge in [-0.3, -0.25) is 0 Å². The van der Waals surface area contributed by atoms with Crippen molar-refractivity contribution in [1.29, 1.82) is 0 Å². The van der Waals surface area contributed by atoms with Gasteiger partial charge in [0.25, 0.3) is 0 Å². The van der Waals surface area contributed by atoms with Crippen molar-refractivity contribution in [3.63, 3.8) is 0 Å². The zero-order chi connectivity index (χ0) is 37.3. The highest BCUT2D eigenvalue weighted by atomic mass is 15.1. The Labute approximate surface area is 327 Å². The van der Waals surface area contributed by atoms with Gasteiger partial charge in [0.1, 0.15) is 0 Å². The third-order valence-electron chi connectivity index (χ3n) is 10.8. The highest BCUT2D eigenvalue weighted by Crippen LogP contribution is 2.42. The molecule has 266 valence electrons. The molecule has 56 heavy (non-hydrogen) atoms. The molecule has 1 aromatic heterocycles. The Morgan fingerprint density at radius 2 is 0.946 bits per heavy atom. The smallest absolute Gasteiger partial charge is 0.0619 e. The van der Waals surface area contributed by atoms with Crippen LogP contribution in [-0.2, 0) is 0 Å². The second-order valence-electron chi connectivity index (χ2n) is 14.2. The van der Waals surface area contributed by atoms with Gasteiger partial charge in [0, 0.05) is 51.8 Å². The lowest BCUT2D eigenvalue weighted by Crippen LogP contribution is -2.10. The summed E-state index contributed by atoms with van der Waals surface area (Å²) >= 11 is 0. The maximum absolute atomic E-state index is 3.34. The number of anilines is 3. The van der Waals surface area contributed by atoms with Crippen LogP contribution in [0, 0.1) is 0 Å². The third kappa shape index (κ3) is 6.15. The largest absolute Gasteiger partial charge is 0.387 e.